The first-order valence-corrected chi connectivity index (χ1v) is 19.0. The maximum absolute atomic E-state index is 2.37. The van der Waals surface area contributed by atoms with Crippen LogP contribution in [0.4, 0.5) is 17.1 Å². The van der Waals surface area contributed by atoms with Gasteiger partial charge in [-0.1, -0.05) is 169 Å². The lowest BCUT2D eigenvalue weighted by Crippen LogP contribution is -2.13. The molecule has 10 rings (SSSR count). The zero-order valence-corrected chi connectivity index (χ0v) is 29.9. The summed E-state index contributed by atoms with van der Waals surface area (Å²) in [6, 6.07) is 75.3. The molecule has 0 radical (unpaired) electrons. The van der Waals surface area contributed by atoms with Crippen molar-refractivity contribution < 1.29 is 0 Å². The molecule has 1 heterocycles. The minimum Gasteiger partial charge on any atom is -0.311 e. The average Bonchev–Trinajstić information content (AvgIpc) is 3.24. The minimum absolute atomic E-state index is 0.0938. The highest BCUT2D eigenvalue weighted by Crippen LogP contribution is 2.53. The molecule has 0 unspecified atom stereocenters. The fraction of sp³-hybridized carbons (Fsp3) is 0.0196. The van der Waals surface area contributed by atoms with Crippen LogP contribution in [0.15, 0.2) is 216 Å². The highest BCUT2D eigenvalue weighted by Gasteiger charge is 2.31. The summed E-state index contributed by atoms with van der Waals surface area (Å²) in [4.78, 5) is 5.04. The molecule has 0 saturated heterocycles. The van der Waals surface area contributed by atoms with E-state index in [1.165, 1.54) is 70.3 Å². The highest BCUT2D eigenvalue weighted by atomic mass is 32.2. The van der Waals surface area contributed by atoms with Crippen molar-refractivity contribution >= 4 is 50.4 Å². The minimum atomic E-state index is 0.0938. The molecule has 0 amide bonds. The van der Waals surface area contributed by atoms with Crippen molar-refractivity contribution in [1.82, 2.24) is 0 Å². The van der Waals surface area contributed by atoms with E-state index in [0.717, 1.165) is 17.1 Å². The Hall–Kier alpha value is -6.35. The van der Waals surface area contributed by atoms with Gasteiger partial charge in [0, 0.05) is 32.8 Å². The van der Waals surface area contributed by atoms with Gasteiger partial charge in [-0.25, -0.2) is 0 Å². The van der Waals surface area contributed by atoms with E-state index in [2.05, 4.69) is 211 Å². The summed E-state index contributed by atoms with van der Waals surface area (Å²) in [5.41, 5.74) is 12.3. The second kappa shape index (κ2) is 13.3. The number of hydrogen-bond acceptors (Lipinski definition) is 2. The monoisotopic (exact) mass is 693 g/mol. The molecule has 9 aromatic rings. The molecule has 250 valence electrons. The molecule has 9 aromatic carbocycles. The maximum atomic E-state index is 2.37. The molecule has 1 aliphatic heterocycles. The molecule has 0 fully saturated rings. The van der Waals surface area contributed by atoms with E-state index in [0.29, 0.717) is 0 Å². The van der Waals surface area contributed by atoms with Crippen molar-refractivity contribution in [3.8, 4) is 22.3 Å². The Morgan fingerprint density at radius 2 is 0.698 bits per heavy atom. The Morgan fingerprint density at radius 3 is 1.15 bits per heavy atom. The normalized spacial score (nSPS) is 12.4. The topological polar surface area (TPSA) is 3.24 Å². The Labute approximate surface area is 314 Å². The van der Waals surface area contributed by atoms with Crippen LogP contribution in [0.3, 0.4) is 0 Å². The van der Waals surface area contributed by atoms with E-state index in [1.807, 2.05) is 11.8 Å². The summed E-state index contributed by atoms with van der Waals surface area (Å²) in [6.45, 7) is 0. The van der Waals surface area contributed by atoms with Crippen LogP contribution in [0.1, 0.15) is 22.6 Å². The van der Waals surface area contributed by atoms with Crippen LogP contribution in [0, 0.1) is 0 Å². The van der Waals surface area contributed by atoms with Gasteiger partial charge >= 0.3 is 0 Å². The molecule has 0 saturated carbocycles. The fourth-order valence-electron chi connectivity index (χ4n) is 8.05. The third kappa shape index (κ3) is 5.69. The van der Waals surface area contributed by atoms with Gasteiger partial charge in [0.05, 0.1) is 0 Å². The number of rotatable bonds is 6. The van der Waals surface area contributed by atoms with Gasteiger partial charge in [0.2, 0.25) is 0 Å². The number of fused-ring (bicyclic) bond motifs is 6. The second-order valence-electron chi connectivity index (χ2n) is 13.7. The highest BCUT2D eigenvalue weighted by molar-refractivity contribution is 7.99. The average molecular weight is 694 g/mol. The van der Waals surface area contributed by atoms with E-state index in [4.69, 9.17) is 0 Å². The first-order chi connectivity index (χ1) is 26.3. The molecular formula is C51H35NS. The Morgan fingerprint density at radius 1 is 0.321 bits per heavy atom. The van der Waals surface area contributed by atoms with Crippen molar-refractivity contribution in [3.63, 3.8) is 0 Å². The summed E-state index contributed by atoms with van der Waals surface area (Å²) in [6.07, 6.45) is 0. The van der Waals surface area contributed by atoms with E-state index in [9.17, 15) is 0 Å². The fourth-order valence-corrected chi connectivity index (χ4v) is 9.24. The van der Waals surface area contributed by atoms with Gasteiger partial charge in [0.15, 0.2) is 0 Å². The SMILES string of the molecule is c1ccc(-c2ccc(N(c3ccc(-c4ccccc4)cc3)c3ccc(C4c5c(ccc6ccccc56)Sc5ccc6ccccc6c54)cc3)cc2)cc1. The first-order valence-electron chi connectivity index (χ1n) is 18.2. The Balaban J connectivity index is 1.11. The van der Waals surface area contributed by atoms with Crippen molar-refractivity contribution in [2.45, 2.75) is 15.7 Å². The van der Waals surface area contributed by atoms with E-state index in [-0.39, 0.29) is 5.92 Å². The molecule has 0 spiro atoms. The molecule has 0 bridgehead atoms. The molecule has 0 atom stereocenters. The molecular weight excluding hydrogens is 659 g/mol. The molecule has 2 heteroatoms. The lowest BCUT2D eigenvalue weighted by atomic mass is 9.80. The van der Waals surface area contributed by atoms with Gasteiger partial charge in [0.1, 0.15) is 0 Å². The molecule has 1 aliphatic rings. The van der Waals surface area contributed by atoms with Crippen LogP contribution in [-0.4, -0.2) is 0 Å². The molecule has 1 nitrogen and oxygen atoms in total. The van der Waals surface area contributed by atoms with Gasteiger partial charge < -0.3 is 4.90 Å². The maximum Gasteiger partial charge on any atom is 0.0462 e. The molecule has 0 N–H and O–H groups in total. The molecule has 0 aromatic heterocycles. The zero-order valence-electron chi connectivity index (χ0n) is 29.1. The number of benzene rings is 9. The van der Waals surface area contributed by atoms with Gasteiger partial charge in [-0.05, 0) is 109 Å². The van der Waals surface area contributed by atoms with Crippen LogP contribution in [-0.2, 0) is 0 Å². The van der Waals surface area contributed by atoms with Crippen molar-refractivity contribution in [3.05, 3.63) is 223 Å². The second-order valence-corrected chi connectivity index (χ2v) is 14.8. The Bertz CT molecular complexity index is 2550. The van der Waals surface area contributed by atoms with E-state index >= 15 is 0 Å². The lowest BCUT2D eigenvalue weighted by molar-refractivity contribution is 0.925. The zero-order chi connectivity index (χ0) is 35.1. The first kappa shape index (κ1) is 31.4. The van der Waals surface area contributed by atoms with Gasteiger partial charge in [0.25, 0.3) is 0 Å². The van der Waals surface area contributed by atoms with Gasteiger partial charge in [-0.15, -0.1) is 0 Å². The van der Waals surface area contributed by atoms with Gasteiger partial charge in [-0.2, -0.15) is 0 Å². The standard InChI is InChI=1S/C51H35NS/c1-3-11-35(12-4-1)37-19-27-42(28-20-37)52(43-29-21-38(22-30-43)36-13-5-2-6-14-36)44-31-23-41(24-32-44)49-50-45-17-9-7-15-39(45)25-33-47(50)53-48-34-26-40-16-8-10-18-46(40)51(48)49/h1-34,49H. The summed E-state index contributed by atoms with van der Waals surface area (Å²) >= 11 is 1.90. The quantitative estimate of drug-likeness (QED) is 0.171. The van der Waals surface area contributed by atoms with Crippen LogP contribution < -0.4 is 4.90 Å². The summed E-state index contributed by atoms with van der Waals surface area (Å²) < 4.78 is 0. The number of anilines is 3. The van der Waals surface area contributed by atoms with Crippen LogP contribution in [0.25, 0.3) is 43.8 Å². The van der Waals surface area contributed by atoms with Crippen molar-refractivity contribution in [2.75, 3.05) is 4.90 Å². The predicted molar refractivity (Wildman–Crippen MR) is 225 cm³/mol. The van der Waals surface area contributed by atoms with E-state index < -0.39 is 0 Å². The van der Waals surface area contributed by atoms with Gasteiger partial charge in [-0.3, -0.25) is 0 Å². The molecule has 0 aliphatic carbocycles. The smallest absolute Gasteiger partial charge is 0.0462 e. The van der Waals surface area contributed by atoms with Crippen LogP contribution in [0.5, 0.6) is 0 Å². The van der Waals surface area contributed by atoms with Crippen molar-refractivity contribution in [2.24, 2.45) is 0 Å². The molecule has 53 heavy (non-hydrogen) atoms. The van der Waals surface area contributed by atoms with Crippen LogP contribution in [0.2, 0.25) is 0 Å². The summed E-state index contributed by atoms with van der Waals surface area (Å²) in [5.74, 6) is 0.0938. The predicted octanol–water partition coefficient (Wildman–Crippen LogP) is 14.4. The third-order valence-corrected chi connectivity index (χ3v) is 11.8. The van der Waals surface area contributed by atoms with Crippen LogP contribution >= 0.6 is 11.8 Å². The Kier molecular flexibility index (Phi) is 7.89. The number of nitrogens with zero attached hydrogens (tertiary/aromatic N) is 1. The lowest BCUT2D eigenvalue weighted by Gasteiger charge is -2.32. The summed E-state index contributed by atoms with van der Waals surface area (Å²) in [5, 5.41) is 5.20. The summed E-state index contributed by atoms with van der Waals surface area (Å²) in [7, 11) is 0. The van der Waals surface area contributed by atoms with Crippen molar-refractivity contribution in [1.29, 1.82) is 0 Å². The van der Waals surface area contributed by atoms with E-state index in [1.54, 1.807) is 0 Å². The number of hydrogen-bond donors (Lipinski definition) is 0. The third-order valence-electron chi connectivity index (χ3n) is 10.6. The largest absolute Gasteiger partial charge is 0.311 e.